The van der Waals surface area contributed by atoms with E-state index in [0.29, 0.717) is 17.8 Å². The van der Waals surface area contributed by atoms with Crippen molar-refractivity contribution in [1.29, 1.82) is 0 Å². The average Bonchev–Trinajstić information content (AvgIpc) is 3.36. The van der Waals surface area contributed by atoms with Crippen molar-refractivity contribution >= 4 is 17.6 Å². The highest BCUT2D eigenvalue weighted by Gasteiger charge is 2.31. The van der Waals surface area contributed by atoms with Crippen molar-refractivity contribution < 1.29 is 31.9 Å². The van der Waals surface area contributed by atoms with Gasteiger partial charge in [0, 0.05) is 37.5 Å². The molecule has 0 radical (unpaired) electrons. The van der Waals surface area contributed by atoms with Gasteiger partial charge in [0.05, 0.1) is 16.9 Å². The van der Waals surface area contributed by atoms with E-state index in [1.54, 1.807) is 6.07 Å². The normalized spacial score (nSPS) is 11.3. The van der Waals surface area contributed by atoms with Crippen LogP contribution < -0.4 is 5.32 Å². The molecule has 1 aromatic heterocycles. The van der Waals surface area contributed by atoms with Crippen molar-refractivity contribution in [3.8, 4) is 16.9 Å². The van der Waals surface area contributed by atoms with Gasteiger partial charge in [-0.2, -0.15) is 18.3 Å². The van der Waals surface area contributed by atoms with Crippen molar-refractivity contribution in [2.45, 2.75) is 12.6 Å². The Hall–Kier alpha value is -4.51. The second kappa shape index (κ2) is 12.6. The zero-order valence-electron chi connectivity index (χ0n) is 21.5. The van der Waals surface area contributed by atoms with Gasteiger partial charge in [-0.05, 0) is 48.9 Å². The van der Waals surface area contributed by atoms with E-state index in [9.17, 15) is 27.2 Å². The summed E-state index contributed by atoms with van der Waals surface area (Å²) < 4.78 is 59.7. The lowest BCUT2D eigenvalue weighted by molar-refractivity contribution is -0.137. The summed E-state index contributed by atoms with van der Waals surface area (Å²) in [5.74, 6) is -1.50. The van der Waals surface area contributed by atoms with E-state index < -0.39 is 35.9 Å². The first-order valence-electron chi connectivity index (χ1n) is 12.3. The van der Waals surface area contributed by atoms with Gasteiger partial charge in [-0.3, -0.25) is 9.59 Å². The molecule has 0 saturated carbocycles. The molecule has 0 aliphatic heterocycles. The van der Waals surface area contributed by atoms with Crippen LogP contribution in [0, 0.1) is 5.82 Å². The maximum absolute atomic E-state index is 13.6. The zero-order chi connectivity index (χ0) is 28.7. The lowest BCUT2D eigenvalue weighted by Gasteiger charge is -2.23. The molecule has 0 saturated heterocycles. The van der Waals surface area contributed by atoms with Gasteiger partial charge in [0.2, 0.25) is 5.91 Å². The fraction of sp³-hybridized carbons (Fsp3) is 0.207. The van der Waals surface area contributed by atoms with Crippen LogP contribution in [-0.4, -0.2) is 53.3 Å². The molecule has 0 spiro atoms. The molecule has 40 heavy (non-hydrogen) atoms. The molecular formula is C29H26F4N4O3. The van der Waals surface area contributed by atoms with Crippen LogP contribution in [0.3, 0.4) is 0 Å². The molecule has 2 amide bonds. The number of hydrogen-bond donors (Lipinski definition) is 1. The van der Waals surface area contributed by atoms with Gasteiger partial charge in [-0.25, -0.2) is 9.07 Å². The maximum atomic E-state index is 13.6. The molecule has 4 aromatic rings. The second-order valence-corrected chi connectivity index (χ2v) is 8.87. The minimum atomic E-state index is -4.62. The van der Waals surface area contributed by atoms with E-state index in [0.717, 1.165) is 23.8 Å². The van der Waals surface area contributed by atoms with Crippen molar-refractivity contribution in [1.82, 2.24) is 14.7 Å². The molecule has 7 nitrogen and oxygen atoms in total. The topological polar surface area (TPSA) is 76.5 Å². The number of carbonyl (C=O) groups excluding carboxylic acids is 2. The highest BCUT2D eigenvalue weighted by atomic mass is 19.4. The quantitative estimate of drug-likeness (QED) is 0.198. The summed E-state index contributed by atoms with van der Waals surface area (Å²) in [4.78, 5) is 27.6. The molecule has 0 bridgehead atoms. The number of methoxy groups -OCH3 is 1. The molecule has 0 aliphatic rings. The maximum Gasteiger partial charge on any atom is 0.416 e. The third-order valence-electron chi connectivity index (χ3n) is 5.95. The number of carbonyl (C=O) groups is 2. The molecule has 1 heterocycles. The first kappa shape index (κ1) is 28.5. The number of benzene rings is 3. The largest absolute Gasteiger partial charge is 0.416 e. The number of anilines is 1. The van der Waals surface area contributed by atoms with Crippen LogP contribution in [0.5, 0.6) is 0 Å². The van der Waals surface area contributed by atoms with Crippen LogP contribution in [0.25, 0.3) is 16.9 Å². The van der Waals surface area contributed by atoms with Gasteiger partial charge in [-0.1, -0.05) is 36.4 Å². The van der Waals surface area contributed by atoms with E-state index in [1.165, 1.54) is 47.0 Å². The van der Waals surface area contributed by atoms with Gasteiger partial charge in [0.25, 0.3) is 5.91 Å². The Labute approximate surface area is 228 Å². The summed E-state index contributed by atoms with van der Waals surface area (Å²) in [6.07, 6.45) is -4.26. The number of nitrogens with one attached hydrogen (secondary N) is 1. The van der Waals surface area contributed by atoms with E-state index in [1.807, 2.05) is 30.3 Å². The monoisotopic (exact) mass is 554 g/mol. The van der Waals surface area contributed by atoms with E-state index in [4.69, 9.17) is 4.74 Å². The lowest BCUT2D eigenvalue weighted by Crippen LogP contribution is -2.39. The Morgan fingerprint density at radius 1 is 0.975 bits per heavy atom. The second-order valence-electron chi connectivity index (χ2n) is 8.87. The number of ether oxygens (including phenoxy) is 1. The summed E-state index contributed by atoms with van der Waals surface area (Å²) in [7, 11) is 1.48. The molecule has 3 aromatic carbocycles. The molecule has 1 N–H and O–H groups in total. The van der Waals surface area contributed by atoms with Crippen molar-refractivity contribution in [3.63, 3.8) is 0 Å². The zero-order valence-corrected chi connectivity index (χ0v) is 21.5. The number of alkyl halides is 3. The number of rotatable bonds is 10. The lowest BCUT2D eigenvalue weighted by atomic mass is 10.1. The predicted octanol–water partition coefficient (Wildman–Crippen LogP) is 5.81. The SMILES string of the molecule is COCCCN(CC(=O)Nc1cc(-c2ccccc2)nn1-c1ccc(F)cc1)C(=O)c1cccc(C(F)(F)F)c1. The molecule has 0 fully saturated rings. The van der Waals surface area contributed by atoms with E-state index in [2.05, 4.69) is 10.4 Å². The third-order valence-corrected chi connectivity index (χ3v) is 5.95. The number of halogens is 4. The number of nitrogens with zero attached hydrogens (tertiary/aromatic N) is 3. The molecule has 0 unspecified atom stereocenters. The highest BCUT2D eigenvalue weighted by Crippen LogP contribution is 2.30. The Morgan fingerprint density at radius 2 is 1.70 bits per heavy atom. The van der Waals surface area contributed by atoms with Gasteiger partial charge in [-0.15, -0.1) is 0 Å². The number of hydrogen-bond acceptors (Lipinski definition) is 4. The van der Waals surface area contributed by atoms with Crippen LogP contribution in [0.15, 0.2) is 84.9 Å². The molecule has 11 heteroatoms. The van der Waals surface area contributed by atoms with Crippen LogP contribution >= 0.6 is 0 Å². The molecule has 208 valence electrons. The summed E-state index contributed by atoms with van der Waals surface area (Å²) in [5, 5.41) is 7.30. The summed E-state index contributed by atoms with van der Waals surface area (Å²) >= 11 is 0. The van der Waals surface area contributed by atoms with Crippen LogP contribution in [0.2, 0.25) is 0 Å². The fourth-order valence-corrected chi connectivity index (χ4v) is 4.02. The van der Waals surface area contributed by atoms with Gasteiger partial charge in [0.15, 0.2) is 0 Å². The summed E-state index contributed by atoms with van der Waals surface area (Å²) in [6.45, 7) is -0.0807. The van der Waals surface area contributed by atoms with Crippen molar-refractivity contribution in [3.05, 3.63) is 102 Å². The van der Waals surface area contributed by atoms with Crippen LogP contribution in [0.1, 0.15) is 22.3 Å². The molecule has 4 rings (SSSR count). The first-order chi connectivity index (χ1) is 19.2. The fourth-order valence-electron chi connectivity index (χ4n) is 4.02. The Morgan fingerprint density at radius 3 is 2.38 bits per heavy atom. The molecular weight excluding hydrogens is 528 g/mol. The average molecular weight is 555 g/mol. The van der Waals surface area contributed by atoms with Crippen LogP contribution in [0.4, 0.5) is 23.4 Å². The minimum Gasteiger partial charge on any atom is -0.385 e. The van der Waals surface area contributed by atoms with Gasteiger partial charge in [0.1, 0.15) is 18.2 Å². The summed E-state index contributed by atoms with van der Waals surface area (Å²) in [5.41, 5.74) is 0.645. The van der Waals surface area contributed by atoms with Crippen LogP contribution in [-0.2, 0) is 15.7 Å². The smallest absolute Gasteiger partial charge is 0.385 e. The molecule has 0 aliphatic carbocycles. The minimum absolute atomic E-state index is 0.0723. The first-order valence-corrected chi connectivity index (χ1v) is 12.3. The standard InChI is InChI=1S/C29H26F4N4O3/c1-40-16-6-15-36(28(39)21-9-5-10-22(17-21)29(31,32)33)19-27(38)34-26-18-25(20-7-3-2-4-8-20)35-37(26)24-13-11-23(30)12-14-24/h2-5,7-14,17-18H,6,15-16,19H2,1H3,(H,34,38). The molecule has 0 atom stereocenters. The number of aromatic nitrogens is 2. The predicted molar refractivity (Wildman–Crippen MR) is 141 cm³/mol. The Bertz CT molecular complexity index is 1450. The van der Waals surface area contributed by atoms with Gasteiger partial charge >= 0.3 is 6.18 Å². The third kappa shape index (κ3) is 7.11. The van der Waals surface area contributed by atoms with Crippen molar-refractivity contribution in [2.24, 2.45) is 0 Å². The van der Waals surface area contributed by atoms with E-state index in [-0.39, 0.29) is 24.5 Å². The highest BCUT2D eigenvalue weighted by molar-refractivity contribution is 5.99. The van der Waals surface area contributed by atoms with E-state index >= 15 is 0 Å². The van der Waals surface area contributed by atoms with Gasteiger partial charge < -0.3 is 15.0 Å². The summed E-state index contributed by atoms with van der Waals surface area (Å²) in [6, 6.07) is 20.4. The Balaban J connectivity index is 1.60. The Kier molecular flexibility index (Phi) is 8.95. The van der Waals surface area contributed by atoms with Crippen molar-refractivity contribution in [2.75, 3.05) is 32.1 Å². The number of amides is 2.